The summed E-state index contributed by atoms with van der Waals surface area (Å²) in [6.45, 7) is 3.38. The molecule has 0 aromatic heterocycles. The molecule has 0 radical (unpaired) electrons. The van der Waals surface area contributed by atoms with Crippen molar-refractivity contribution in [2.75, 3.05) is 11.9 Å². The van der Waals surface area contributed by atoms with E-state index in [0.717, 1.165) is 29.5 Å². The van der Waals surface area contributed by atoms with Crippen molar-refractivity contribution in [1.29, 1.82) is 0 Å². The van der Waals surface area contributed by atoms with Crippen LogP contribution < -0.4 is 15.8 Å². The Labute approximate surface area is 160 Å². The number of hydrogen-bond donors (Lipinski definition) is 2. The summed E-state index contributed by atoms with van der Waals surface area (Å²) >= 11 is 0. The highest BCUT2D eigenvalue weighted by atomic mass is 127. The standard InChI is InChI=1S/C19H23N3O.HI/c1-14-7-10-16(18(11-14)23-13-15-8-9-15)12-21-19(20)22-17-5-3-2-4-6-17;/h2-7,10-11,15H,8-9,12-13H2,1H3,(H3,20,21,22);1H. The van der Waals surface area contributed by atoms with E-state index in [1.807, 2.05) is 30.3 Å². The van der Waals surface area contributed by atoms with E-state index in [1.165, 1.54) is 18.4 Å². The number of anilines is 1. The van der Waals surface area contributed by atoms with Gasteiger partial charge in [-0.15, -0.1) is 24.0 Å². The fourth-order valence-electron chi connectivity index (χ4n) is 2.30. The zero-order valence-electron chi connectivity index (χ0n) is 13.9. The smallest absolute Gasteiger partial charge is 0.193 e. The summed E-state index contributed by atoms with van der Waals surface area (Å²) in [5.41, 5.74) is 9.15. The second kappa shape index (κ2) is 8.92. The molecule has 24 heavy (non-hydrogen) atoms. The Bertz CT molecular complexity index is 684. The van der Waals surface area contributed by atoms with Gasteiger partial charge in [0, 0.05) is 11.3 Å². The fourth-order valence-corrected chi connectivity index (χ4v) is 2.30. The number of nitrogens with zero attached hydrogens (tertiary/aromatic N) is 1. The Hall–Kier alpha value is -1.76. The molecule has 0 unspecified atom stereocenters. The van der Waals surface area contributed by atoms with Gasteiger partial charge in [0.1, 0.15) is 5.75 Å². The monoisotopic (exact) mass is 437 g/mol. The minimum Gasteiger partial charge on any atom is -0.493 e. The third-order valence-corrected chi connectivity index (χ3v) is 3.86. The summed E-state index contributed by atoms with van der Waals surface area (Å²) in [5.74, 6) is 2.06. The summed E-state index contributed by atoms with van der Waals surface area (Å²) in [7, 11) is 0. The molecule has 0 aliphatic heterocycles. The minimum absolute atomic E-state index is 0. The first-order valence-corrected chi connectivity index (χ1v) is 8.05. The van der Waals surface area contributed by atoms with E-state index in [2.05, 4.69) is 35.4 Å². The number of nitrogens with one attached hydrogen (secondary N) is 1. The Morgan fingerprint density at radius 3 is 2.67 bits per heavy atom. The highest BCUT2D eigenvalue weighted by molar-refractivity contribution is 14.0. The molecule has 1 saturated carbocycles. The summed E-state index contributed by atoms with van der Waals surface area (Å²) in [5, 5.41) is 3.09. The van der Waals surface area contributed by atoms with Crippen molar-refractivity contribution in [2.45, 2.75) is 26.3 Å². The van der Waals surface area contributed by atoms with Crippen LogP contribution in [-0.4, -0.2) is 12.6 Å². The Morgan fingerprint density at radius 1 is 1.21 bits per heavy atom. The third kappa shape index (κ3) is 5.70. The molecule has 0 atom stereocenters. The van der Waals surface area contributed by atoms with Crippen LogP contribution in [0.5, 0.6) is 5.75 Å². The molecule has 1 aliphatic carbocycles. The van der Waals surface area contributed by atoms with Gasteiger partial charge in [-0.1, -0.05) is 30.3 Å². The second-order valence-corrected chi connectivity index (χ2v) is 6.06. The number of para-hydroxylation sites is 1. The van der Waals surface area contributed by atoms with Crippen molar-refractivity contribution < 1.29 is 4.74 Å². The normalized spacial score (nSPS) is 14.0. The first-order chi connectivity index (χ1) is 11.2. The zero-order valence-corrected chi connectivity index (χ0v) is 16.2. The number of ether oxygens (including phenoxy) is 1. The van der Waals surface area contributed by atoms with Crippen LogP contribution in [0.3, 0.4) is 0 Å². The molecule has 3 N–H and O–H groups in total. The van der Waals surface area contributed by atoms with Crippen molar-refractivity contribution in [2.24, 2.45) is 16.6 Å². The summed E-state index contributed by atoms with van der Waals surface area (Å²) in [6.07, 6.45) is 2.57. The highest BCUT2D eigenvalue weighted by Crippen LogP contribution is 2.30. The van der Waals surface area contributed by atoms with E-state index in [4.69, 9.17) is 10.5 Å². The Balaban J connectivity index is 0.00000208. The van der Waals surface area contributed by atoms with Gasteiger partial charge < -0.3 is 15.8 Å². The largest absolute Gasteiger partial charge is 0.493 e. The van der Waals surface area contributed by atoms with E-state index < -0.39 is 0 Å². The van der Waals surface area contributed by atoms with Gasteiger partial charge in [0.25, 0.3) is 0 Å². The second-order valence-electron chi connectivity index (χ2n) is 6.06. The maximum absolute atomic E-state index is 5.96. The number of rotatable bonds is 6. The number of guanidine groups is 1. The minimum atomic E-state index is 0. The molecular formula is C19H24IN3O. The predicted octanol–water partition coefficient (Wildman–Crippen LogP) is 4.33. The molecule has 2 aromatic rings. The number of aryl methyl sites for hydroxylation is 1. The summed E-state index contributed by atoms with van der Waals surface area (Å²) in [6, 6.07) is 16.0. The number of nitrogens with two attached hydrogens (primary N) is 1. The van der Waals surface area contributed by atoms with Crippen LogP contribution in [0.1, 0.15) is 24.0 Å². The molecule has 1 aliphatic rings. The van der Waals surface area contributed by atoms with Gasteiger partial charge in [-0.05, 0) is 49.4 Å². The molecule has 5 heteroatoms. The first-order valence-electron chi connectivity index (χ1n) is 8.05. The lowest BCUT2D eigenvalue weighted by Crippen LogP contribution is -2.22. The van der Waals surface area contributed by atoms with E-state index in [1.54, 1.807) is 0 Å². The van der Waals surface area contributed by atoms with E-state index in [9.17, 15) is 0 Å². The molecule has 3 rings (SSSR count). The van der Waals surface area contributed by atoms with Crippen molar-refractivity contribution in [1.82, 2.24) is 0 Å². The summed E-state index contributed by atoms with van der Waals surface area (Å²) in [4.78, 5) is 4.43. The van der Waals surface area contributed by atoms with Crippen LogP contribution in [0.4, 0.5) is 5.69 Å². The van der Waals surface area contributed by atoms with Gasteiger partial charge in [-0.3, -0.25) is 0 Å². The van der Waals surface area contributed by atoms with E-state index in [-0.39, 0.29) is 24.0 Å². The van der Waals surface area contributed by atoms with Crippen LogP contribution in [0.2, 0.25) is 0 Å². The molecule has 0 bridgehead atoms. The number of hydrogen-bond acceptors (Lipinski definition) is 2. The quantitative estimate of drug-likeness (QED) is 0.402. The first kappa shape index (κ1) is 18.6. The number of halogens is 1. The topological polar surface area (TPSA) is 59.6 Å². The molecule has 1 fully saturated rings. The highest BCUT2D eigenvalue weighted by Gasteiger charge is 2.22. The zero-order chi connectivity index (χ0) is 16.1. The molecule has 2 aromatic carbocycles. The van der Waals surface area contributed by atoms with Gasteiger partial charge in [0.05, 0.1) is 13.2 Å². The van der Waals surface area contributed by atoms with Crippen molar-refractivity contribution in [3.8, 4) is 5.75 Å². The van der Waals surface area contributed by atoms with Crippen LogP contribution >= 0.6 is 24.0 Å². The van der Waals surface area contributed by atoms with Crippen molar-refractivity contribution >= 4 is 35.6 Å². The van der Waals surface area contributed by atoms with Gasteiger partial charge in [-0.2, -0.15) is 0 Å². The van der Waals surface area contributed by atoms with E-state index in [0.29, 0.717) is 12.5 Å². The number of aliphatic imine (C=N–C) groups is 1. The maximum atomic E-state index is 5.96. The molecule has 4 nitrogen and oxygen atoms in total. The number of benzene rings is 2. The predicted molar refractivity (Wildman–Crippen MR) is 110 cm³/mol. The van der Waals surface area contributed by atoms with Gasteiger partial charge in [-0.25, -0.2) is 4.99 Å². The lowest BCUT2D eigenvalue weighted by atomic mass is 10.1. The molecule has 0 amide bonds. The van der Waals surface area contributed by atoms with Crippen LogP contribution in [0, 0.1) is 12.8 Å². The van der Waals surface area contributed by atoms with Gasteiger partial charge >= 0.3 is 0 Å². The SMILES string of the molecule is Cc1ccc(CN=C(N)Nc2ccccc2)c(OCC2CC2)c1.I. The van der Waals surface area contributed by atoms with Crippen LogP contribution in [0.25, 0.3) is 0 Å². The molecule has 0 spiro atoms. The third-order valence-electron chi connectivity index (χ3n) is 3.86. The lowest BCUT2D eigenvalue weighted by molar-refractivity contribution is 0.296. The maximum Gasteiger partial charge on any atom is 0.193 e. The van der Waals surface area contributed by atoms with E-state index >= 15 is 0 Å². The van der Waals surface area contributed by atoms with Crippen LogP contribution in [-0.2, 0) is 6.54 Å². The molecule has 0 heterocycles. The molecule has 0 saturated heterocycles. The fraction of sp³-hybridized carbons (Fsp3) is 0.316. The molecular weight excluding hydrogens is 413 g/mol. The van der Waals surface area contributed by atoms with Crippen molar-refractivity contribution in [3.63, 3.8) is 0 Å². The average Bonchev–Trinajstić information content (AvgIpc) is 3.37. The van der Waals surface area contributed by atoms with Gasteiger partial charge in [0.2, 0.25) is 0 Å². The Morgan fingerprint density at radius 2 is 1.96 bits per heavy atom. The van der Waals surface area contributed by atoms with Gasteiger partial charge in [0.15, 0.2) is 5.96 Å². The van der Waals surface area contributed by atoms with Crippen LogP contribution in [0.15, 0.2) is 53.5 Å². The molecule has 128 valence electrons. The lowest BCUT2D eigenvalue weighted by Gasteiger charge is -2.11. The average molecular weight is 437 g/mol. The Kier molecular flexibility index (Phi) is 6.90. The van der Waals surface area contributed by atoms with Crippen molar-refractivity contribution in [3.05, 3.63) is 59.7 Å². The summed E-state index contributed by atoms with van der Waals surface area (Å²) < 4.78 is 5.96.